The first-order valence-corrected chi connectivity index (χ1v) is 8.37. The second-order valence-electron chi connectivity index (χ2n) is 4.50. The average molecular weight is 306 g/mol. The number of sulfonamides is 1. The predicted molar refractivity (Wildman–Crippen MR) is 74.7 cm³/mol. The van der Waals surface area contributed by atoms with Crippen LogP contribution in [0.4, 0.5) is 5.13 Å². The summed E-state index contributed by atoms with van der Waals surface area (Å²) in [5.41, 5.74) is 0.499. The van der Waals surface area contributed by atoms with Gasteiger partial charge in [-0.25, -0.2) is 13.4 Å². The lowest BCUT2D eigenvalue weighted by atomic mass is 10.2. The normalized spacial score (nSPS) is 11.6. The van der Waals surface area contributed by atoms with Gasteiger partial charge in [0, 0.05) is 5.38 Å². The van der Waals surface area contributed by atoms with Gasteiger partial charge in [0.15, 0.2) is 5.13 Å². The van der Waals surface area contributed by atoms with Crippen LogP contribution in [0.2, 0.25) is 0 Å². The van der Waals surface area contributed by atoms with Crippen molar-refractivity contribution in [3.63, 3.8) is 0 Å². The molecule has 1 heterocycles. The molecule has 0 saturated carbocycles. The predicted octanol–water partition coefficient (Wildman–Crippen LogP) is 1.65. The SMILES string of the molecule is COC(=O)Cc1csc(NS(=O)(=O)CCC(C)C)n1. The zero-order chi connectivity index (χ0) is 14.5. The van der Waals surface area contributed by atoms with Crippen molar-refractivity contribution >= 4 is 32.5 Å². The van der Waals surface area contributed by atoms with E-state index in [1.165, 1.54) is 7.11 Å². The Labute approximate surface area is 117 Å². The van der Waals surface area contributed by atoms with Gasteiger partial charge in [0.2, 0.25) is 10.0 Å². The average Bonchev–Trinajstić information content (AvgIpc) is 2.73. The molecule has 0 amide bonds. The summed E-state index contributed by atoms with van der Waals surface area (Å²) < 4.78 is 30.4. The number of thiazole rings is 1. The number of aromatic nitrogens is 1. The second-order valence-corrected chi connectivity index (χ2v) is 7.20. The summed E-state index contributed by atoms with van der Waals surface area (Å²) in [6, 6.07) is 0. The number of esters is 1. The van der Waals surface area contributed by atoms with Gasteiger partial charge in [-0.2, -0.15) is 0 Å². The van der Waals surface area contributed by atoms with Gasteiger partial charge in [0.1, 0.15) is 0 Å². The number of rotatable bonds is 7. The summed E-state index contributed by atoms with van der Waals surface area (Å²) in [5, 5.41) is 1.92. The number of carbonyl (C=O) groups excluding carboxylic acids is 1. The Bertz CT molecular complexity index is 523. The number of nitrogens with one attached hydrogen (secondary N) is 1. The van der Waals surface area contributed by atoms with Gasteiger partial charge in [-0.05, 0) is 12.3 Å². The molecule has 0 aliphatic carbocycles. The maximum Gasteiger partial charge on any atom is 0.311 e. The molecule has 0 saturated heterocycles. The maximum atomic E-state index is 11.8. The van der Waals surface area contributed by atoms with E-state index in [1.54, 1.807) is 5.38 Å². The van der Waals surface area contributed by atoms with Gasteiger partial charge < -0.3 is 4.74 Å². The van der Waals surface area contributed by atoms with Crippen molar-refractivity contribution in [1.82, 2.24) is 4.98 Å². The minimum Gasteiger partial charge on any atom is -0.469 e. The topological polar surface area (TPSA) is 85.4 Å². The molecule has 1 N–H and O–H groups in total. The molecule has 0 aromatic carbocycles. The Morgan fingerprint density at radius 3 is 2.79 bits per heavy atom. The fourth-order valence-electron chi connectivity index (χ4n) is 1.23. The highest BCUT2D eigenvalue weighted by atomic mass is 32.2. The number of methoxy groups -OCH3 is 1. The van der Waals surface area contributed by atoms with E-state index in [-0.39, 0.29) is 17.3 Å². The summed E-state index contributed by atoms with van der Waals surface area (Å²) in [4.78, 5) is 15.1. The molecule has 0 fully saturated rings. The second kappa shape index (κ2) is 6.85. The van der Waals surface area contributed by atoms with Crippen LogP contribution < -0.4 is 4.72 Å². The number of nitrogens with zero attached hydrogens (tertiary/aromatic N) is 1. The zero-order valence-corrected chi connectivity index (χ0v) is 12.8. The molecule has 6 nitrogen and oxygen atoms in total. The Morgan fingerprint density at radius 1 is 1.53 bits per heavy atom. The number of hydrogen-bond donors (Lipinski definition) is 1. The minimum absolute atomic E-state index is 0.0424. The fraction of sp³-hybridized carbons (Fsp3) is 0.636. The molecular formula is C11H18N2O4S2. The summed E-state index contributed by atoms with van der Waals surface area (Å²) in [7, 11) is -2.07. The van der Waals surface area contributed by atoms with Crippen LogP contribution in [0.1, 0.15) is 26.0 Å². The van der Waals surface area contributed by atoms with Crippen molar-refractivity contribution < 1.29 is 17.9 Å². The number of hydrogen-bond acceptors (Lipinski definition) is 6. The monoisotopic (exact) mass is 306 g/mol. The molecule has 0 radical (unpaired) electrons. The zero-order valence-electron chi connectivity index (χ0n) is 11.2. The third-order valence-corrected chi connectivity index (χ3v) is 4.52. The highest BCUT2D eigenvalue weighted by Gasteiger charge is 2.14. The van der Waals surface area contributed by atoms with E-state index >= 15 is 0 Å². The maximum absolute atomic E-state index is 11.8. The van der Waals surface area contributed by atoms with Gasteiger partial charge >= 0.3 is 5.97 Å². The van der Waals surface area contributed by atoms with Crippen LogP contribution in [0.5, 0.6) is 0 Å². The molecule has 0 unspecified atom stereocenters. The molecule has 0 aliphatic heterocycles. The van der Waals surface area contributed by atoms with Crippen LogP contribution in [0.15, 0.2) is 5.38 Å². The molecule has 0 aliphatic rings. The highest BCUT2D eigenvalue weighted by Crippen LogP contribution is 2.18. The van der Waals surface area contributed by atoms with Crippen molar-refractivity contribution in [3.8, 4) is 0 Å². The van der Waals surface area contributed by atoms with E-state index in [0.717, 1.165) is 11.3 Å². The van der Waals surface area contributed by atoms with Crippen molar-refractivity contribution in [3.05, 3.63) is 11.1 Å². The number of ether oxygens (including phenoxy) is 1. The molecule has 0 bridgehead atoms. The first kappa shape index (κ1) is 15.9. The van der Waals surface area contributed by atoms with E-state index < -0.39 is 16.0 Å². The Hall–Kier alpha value is -1.15. The quantitative estimate of drug-likeness (QED) is 0.774. The van der Waals surface area contributed by atoms with E-state index in [1.807, 2.05) is 13.8 Å². The lowest BCUT2D eigenvalue weighted by Crippen LogP contribution is -2.17. The van der Waals surface area contributed by atoms with Crippen molar-refractivity contribution in [2.24, 2.45) is 5.92 Å². The number of anilines is 1. The summed E-state index contributed by atoms with van der Waals surface area (Å²) in [6.07, 6.45) is 0.635. The first-order chi connectivity index (χ1) is 8.82. The van der Waals surface area contributed by atoms with E-state index in [9.17, 15) is 13.2 Å². The molecular weight excluding hydrogens is 288 g/mol. The van der Waals surface area contributed by atoms with E-state index in [0.29, 0.717) is 18.0 Å². The van der Waals surface area contributed by atoms with Crippen LogP contribution in [0.3, 0.4) is 0 Å². The Kier molecular flexibility index (Phi) is 5.74. The van der Waals surface area contributed by atoms with Gasteiger partial charge in [-0.15, -0.1) is 11.3 Å². The molecule has 1 rings (SSSR count). The van der Waals surface area contributed by atoms with Gasteiger partial charge in [-0.3, -0.25) is 9.52 Å². The highest BCUT2D eigenvalue weighted by molar-refractivity contribution is 7.92. The molecule has 1 aromatic heterocycles. The van der Waals surface area contributed by atoms with Crippen LogP contribution in [-0.2, 0) is 26.0 Å². The third kappa shape index (κ3) is 6.02. The van der Waals surface area contributed by atoms with Crippen molar-refractivity contribution in [2.75, 3.05) is 17.6 Å². The van der Waals surface area contributed by atoms with Gasteiger partial charge in [-0.1, -0.05) is 13.8 Å². The van der Waals surface area contributed by atoms with Crippen molar-refractivity contribution in [1.29, 1.82) is 0 Å². The van der Waals surface area contributed by atoms with Crippen LogP contribution in [-0.4, -0.2) is 32.2 Å². The summed E-state index contributed by atoms with van der Waals surface area (Å²) in [5.74, 6) is -0.0152. The molecule has 19 heavy (non-hydrogen) atoms. The molecule has 8 heteroatoms. The van der Waals surface area contributed by atoms with Gasteiger partial charge in [0.05, 0.1) is 25.0 Å². The Morgan fingerprint density at radius 2 is 2.21 bits per heavy atom. The summed E-state index contributed by atoms with van der Waals surface area (Å²) >= 11 is 1.15. The lowest BCUT2D eigenvalue weighted by Gasteiger charge is -2.06. The molecule has 0 spiro atoms. The standard InChI is InChI=1S/C11H18N2O4S2/c1-8(2)4-5-19(15,16)13-11-12-9(7-18-11)6-10(14)17-3/h7-8H,4-6H2,1-3H3,(H,12,13). The third-order valence-electron chi connectivity index (χ3n) is 2.31. The largest absolute Gasteiger partial charge is 0.469 e. The molecule has 1 aromatic rings. The van der Waals surface area contributed by atoms with Crippen LogP contribution in [0.25, 0.3) is 0 Å². The molecule has 0 atom stereocenters. The number of carbonyl (C=O) groups is 1. The molecule has 108 valence electrons. The first-order valence-electron chi connectivity index (χ1n) is 5.84. The van der Waals surface area contributed by atoms with Gasteiger partial charge in [0.25, 0.3) is 0 Å². The van der Waals surface area contributed by atoms with Crippen molar-refractivity contribution in [2.45, 2.75) is 26.7 Å². The van der Waals surface area contributed by atoms with Crippen LogP contribution in [0, 0.1) is 5.92 Å². The van der Waals surface area contributed by atoms with E-state index in [2.05, 4.69) is 14.4 Å². The Balaban J connectivity index is 2.60. The summed E-state index contributed by atoms with van der Waals surface area (Å²) in [6.45, 7) is 3.93. The van der Waals surface area contributed by atoms with E-state index in [4.69, 9.17) is 0 Å². The lowest BCUT2D eigenvalue weighted by molar-refractivity contribution is -0.139. The smallest absolute Gasteiger partial charge is 0.311 e. The van der Waals surface area contributed by atoms with Crippen LogP contribution >= 0.6 is 11.3 Å². The minimum atomic E-state index is -3.37. The fourth-order valence-corrected chi connectivity index (χ4v) is 3.55.